The fourth-order valence-corrected chi connectivity index (χ4v) is 2.19. The van der Waals surface area contributed by atoms with Crippen LogP contribution in [0.5, 0.6) is 0 Å². The van der Waals surface area contributed by atoms with Crippen molar-refractivity contribution in [2.75, 3.05) is 13.7 Å². The van der Waals surface area contributed by atoms with Gasteiger partial charge in [0.25, 0.3) is 0 Å². The molecule has 2 atom stereocenters. The van der Waals surface area contributed by atoms with Crippen LogP contribution in [0.2, 0.25) is 0 Å². The molecule has 0 heterocycles. The molecular formula is C16H23NO4. The van der Waals surface area contributed by atoms with Gasteiger partial charge in [-0.15, -0.1) is 0 Å². The SMILES string of the molecule is COC(CNC(=O)CC(c1ccccc1)C(C)C)C(=O)O. The van der Waals surface area contributed by atoms with Gasteiger partial charge in [-0.05, 0) is 17.4 Å². The van der Waals surface area contributed by atoms with Gasteiger partial charge in [0.05, 0.1) is 6.54 Å². The highest BCUT2D eigenvalue weighted by Crippen LogP contribution is 2.27. The number of carboxylic acid groups (broad SMARTS) is 1. The van der Waals surface area contributed by atoms with Crippen LogP contribution >= 0.6 is 0 Å². The van der Waals surface area contributed by atoms with E-state index in [0.29, 0.717) is 12.3 Å². The number of carbonyl (C=O) groups excluding carboxylic acids is 1. The van der Waals surface area contributed by atoms with Crippen LogP contribution in [0.15, 0.2) is 30.3 Å². The maximum absolute atomic E-state index is 12.0. The van der Waals surface area contributed by atoms with Crippen LogP contribution in [0.3, 0.4) is 0 Å². The summed E-state index contributed by atoms with van der Waals surface area (Å²) in [5, 5.41) is 11.5. The predicted molar refractivity (Wildman–Crippen MR) is 80.1 cm³/mol. The summed E-state index contributed by atoms with van der Waals surface area (Å²) in [4.78, 5) is 22.8. The van der Waals surface area contributed by atoms with Crippen LogP contribution in [-0.2, 0) is 14.3 Å². The molecule has 1 aromatic rings. The standard InChI is InChI=1S/C16H23NO4/c1-11(2)13(12-7-5-4-6-8-12)9-15(18)17-10-14(21-3)16(19)20/h4-8,11,13-14H,9-10H2,1-3H3,(H,17,18)(H,19,20). The predicted octanol–water partition coefficient (Wildman–Crippen LogP) is 2.03. The van der Waals surface area contributed by atoms with Crippen molar-refractivity contribution in [2.45, 2.75) is 32.3 Å². The third-order valence-corrected chi connectivity index (χ3v) is 3.48. The zero-order valence-corrected chi connectivity index (χ0v) is 12.7. The second-order valence-corrected chi connectivity index (χ2v) is 5.33. The van der Waals surface area contributed by atoms with Crippen LogP contribution in [0.4, 0.5) is 0 Å². The first kappa shape index (κ1) is 17.2. The fourth-order valence-electron chi connectivity index (χ4n) is 2.19. The molecule has 0 saturated heterocycles. The second-order valence-electron chi connectivity index (χ2n) is 5.33. The topological polar surface area (TPSA) is 75.6 Å². The molecule has 116 valence electrons. The molecule has 1 amide bonds. The van der Waals surface area contributed by atoms with E-state index in [1.807, 2.05) is 30.3 Å². The van der Waals surface area contributed by atoms with E-state index in [4.69, 9.17) is 9.84 Å². The molecule has 0 aliphatic rings. The highest BCUT2D eigenvalue weighted by atomic mass is 16.5. The summed E-state index contributed by atoms with van der Waals surface area (Å²) in [6.07, 6.45) is -0.680. The lowest BCUT2D eigenvalue weighted by Gasteiger charge is -2.21. The number of methoxy groups -OCH3 is 1. The minimum atomic E-state index is -1.08. The summed E-state index contributed by atoms with van der Waals surface area (Å²) in [5.74, 6) is -0.824. The number of aliphatic carboxylic acids is 1. The van der Waals surface area contributed by atoms with Gasteiger partial charge >= 0.3 is 5.97 Å². The van der Waals surface area contributed by atoms with Crippen molar-refractivity contribution in [2.24, 2.45) is 5.92 Å². The van der Waals surface area contributed by atoms with E-state index in [1.54, 1.807) is 0 Å². The van der Waals surface area contributed by atoms with Crippen LogP contribution in [0, 0.1) is 5.92 Å². The maximum Gasteiger partial charge on any atom is 0.334 e. The normalized spacial score (nSPS) is 13.7. The molecule has 5 nitrogen and oxygen atoms in total. The average molecular weight is 293 g/mol. The number of ether oxygens (including phenoxy) is 1. The third-order valence-electron chi connectivity index (χ3n) is 3.48. The summed E-state index contributed by atoms with van der Waals surface area (Å²) in [7, 11) is 1.31. The molecule has 21 heavy (non-hydrogen) atoms. The Morgan fingerprint density at radius 2 is 1.86 bits per heavy atom. The van der Waals surface area contributed by atoms with E-state index in [0.717, 1.165) is 5.56 Å². The summed E-state index contributed by atoms with van der Waals surface area (Å²) in [6, 6.07) is 9.86. The number of amides is 1. The molecule has 1 rings (SSSR count). The Balaban J connectivity index is 2.60. The molecule has 0 bridgehead atoms. The summed E-state index contributed by atoms with van der Waals surface area (Å²) in [6.45, 7) is 4.12. The van der Waals surface area contributed by atoms with Gasteiger partial charge < -0.3 is 15.2 Å². The molecule has 0 aliphatic heterocycles. The number of benzene rings is 1. The lowest BCUT2D eigenvalue weighted by atomic mass is 9.85. The van der Waals surface area contributed by atoms with E-state index < -0.39 is 12.1 Å². The molecule has 1 aromatic carbocycles. The first-order chi connectivity index (χ1) is 9.95. The summed E-state index contributed by atoms with van der Waals surface area (Å²) >= 11 is 0. The molecule has 5 heteroatoms. The van der Waals surface area contributed by atoms with Gasteiger partial charge in [0, 0.05) is 13.5 Å². The highest BCUT2D eigenvalue weighted by Gasteiger charge is 2.21. The molecule has 0 fully saturated rings. The molecule has 2 unspecified atom stereocenters. The summed E-state index contributed by atoms with van der Waals surface area (Å²) in [5.41, 5.74) is 1.11. The van der Waals surface area contributed by atoms with Crippen LogP contribution in [0.25, 0.3) is 0 Å². The van der Waals surface area contributed by atoms with Crippen molar-refractivity contribution in [1.29, 1.82) is 0 Å². The minimum absolute atomic E-state index is 0.0235. The van der Waals surface area contributed by atoms with E-state index in [2.05, 4.69) is 19.2 Å². The third kappa shape index (κ3) is 5.55. The number of hydrogen-bond acceptors (Lipinski definition) is 3. The maximum atomic E-state index is 12.0. The van der Waals surface area contributed by atoms with Crippen LogP contribution in [-0.4, -0.2) is 36.7 Å². The quantitative estimate of drug-likeness (QED) is 0.769. The van der Waals surface area contributed by atoms with Crippen molar-refractivity contribution in [1.82, 2.24) is 5.32 Å². The molecule has 0 aromatic heterocycles. The molecule has 0 aliphatic carbocycles. The Bertz CT molecular complexity index is 459. The zero-order valence-electron chi connectivity index (χ0n) is 12.7. The first-order valence-electron chi connectivity index (χ1n) is 7.03. The Labute approximate surface area is 125 Å². The van der Waals surface area contributed by atoms with Gasteiger partial charge in [0.15, 0.2) is 6.10 Å². The minimum Gasteiger partial charge on any atom is -0.479 e. The Morgan fingerprint density at radius 3 is 2.33 bits per heavy atom. The number of carbonyl (C=O) groups is 2. The Morgan fingerprint density at radius 1 is 1.24 bits per heavy atom. The van der Waals surface area contributed by atoms with E-state index in [1.165, 1.54) is 7.11 Å². The van der Waals surface area contributed by atoms with Gasteiger partial charge in [-0.1, -0.05) is 44.2 Å². The molecule has 0 spiro atoms. The lowest BCUT2D eigenvalue weighted by molar-refractivity contribution is -0.148. The second kappa shape index (κ2) is 8.42. The largest absolute Gasteiger partial charge is 0.479 e. The molecule has 0 saturated carbocycles. The smallest absolute Gasteiger partial charge is 0.334 e. The lowest BCUT2D eigenvalue weighted by Crippen LogP contribution is -2.38. The van der Waals surface area contributed by atoms with Crippen molar-refractivity contribution in [3.8, 4) is 0 Å². The van der Waals surface area contributed by atoms with Crippen LogP contribution < -0.4 is 5.32 Å². The number of hydrogen-bond donors (Lipinski definition) is 2. The first-order valence-corrected chi connectivity index (χ1v) is 7.03. The summed E-state index contributed by atoms with van der Waals surface area (Å²) < 4.78 is 4.78. The van der Waals surface area contributed by atoms with Gasteiger partial charge in [-0.3, -0.25) is 4.79 Å². The Kier molecular flexibility index (Phi) is 6.88. The van der Waals surface area contributed by atoms with Crippen molar-refractivity contribution >= 4 is 11.9 Å². The van der Waals surface area contributed by atoms with E-state index in [-0.39, 0.29) is 18.4 Å². The van der Waals surface area contributed by atoms with Gasteiger partial charge in [-0.2, -0.15) is 0 Å². The molecular weight excluding hydrogens is 270 g/mol. The Hall–Kier alpha value is -1.88. The average Bonchev–Trinajstić information content (AvgIpc) is 2.45. The highest BCUT2D eigenvalue weighted by molar-refractivity contribution is 5.78. The van der Waals surface area contributed by atoms with Crippen molar-refractivity contribution in [3.63, 3.8) is 0 Å². The molecule has 0 radical (unpaired) electrons. The zero-order chi connectivity index (χ0) is 15.8. The fraction of sp³-hybridized carbons (Fsp3) is 0.500. The number of nitrogens with one attached hydrogen (secondary N) is 1. The van der Waals surface area contributed by atoms with E-state index in [9.17, 15) is 9.59 Å². The van der Waals surface area contributed by atoms with Gasteiger partial charge in [0.2, 0.25) is 5.91 Å². The van der Waals surface area contributed by atoms with Crippen LogP contribution in [0.1, 0.15) is 31.7 Å². The van der Waals surface area contributed by atoms with Gasteiger partial charge in [0.1, 0.15) is 0 Å². The molecule has 2 N–H and O–H groups in total. The van der Waals surface area contributed by atoms with E-state index >= 15 is 0 Å². The van der Waals surface area contributed by atoms with Crippen molar-refractivity contribution in [3.05, 3.63) is 35.9 Å². The number of rotatable bonds is 8. The van der Waals surface area contributed by atoms with Gasteiger partial charge in [-0.25, -0.2) is 4.79 Å². The monoisotopic (exact) mass is 293 g/mol. The van der Waals surface area contributed by atoms with Crippen molar-refractivity contribution < 1.29 is 19.4 Å². The number of carboxylic acids is 1.